The number of likely N-dealkylation sites (tertiary alicyclic amines) is 1. The van der Waals surface area contributed by atoms with Crippen LogP contribution in [0, 0.1) is 0 Å². The number of aromatic nitrogens is 3. The van der Waals surface area contributed by atoms with Gasteiger partial charge >= 0.3 is 5.69 Å². The van der Waals surface area contributed by atoms with Crippen LogP contribution in [-0.4, -0.2) is 43.4 Å². The molecule has 2 heterocycles. The zero-order chi connectivity index (χ0) is 14.0. The third-order valence-electron chi connectivity index (χ3n) is 3.10. The summed E-state index contributed by atoms with van der Waals surface area (Å²) in [6, 6.07) is 0.215. The van der Waals surface area contributed by atoms with E-state index in [2.05, 4.69) is 16.8 Å². The van der Waals surface area contributed by atoms with Crippen LogP contribution in [0.25, 0.3) is 0 Å². The third kappa shape index (κ3) is 2.75. The number of nitrogens with zero attached hydrogens (tertiary/aromatic N) is 3. The van der Waals surface area contributed by atoms with Gasteiger partial charge in [0.25, 0.3) is 0 Å². The molecule has 1 atom stereocenters. The quantitative estimate of drug-likeness (QED) is 0.813. The normalized spacial score (nSPS) is 19.4. The summed E-state index contributed by atoms with van der Waals surface area (Å²) in [5.41, 5.74) is -0.270. The van der Waals surface area contributed by atoms with E-state index in [1.165, 1.54) is 16.3 Å². The molecule has 2 rings (SSSR count). The van der Waals surface area contributed by atoms with E-state index in [1.807, 2.05) is 18.7 Å². The Bertz CT molecular complexity index is 534. The van der Waals surface area contributed by atoms with Gasteiger partial charge in [-0.05, 0) is 20.3 Å². The molecule has 0 aromatic carbocycles. The number of carbonyl (C=O) groups is 1. The summed E-state index contributed by atoms with van der Waals surface area (Å²) in [5.74, 6) is 0.126. The molecule has 19 heavy (non-hydrogen) atoms. The SMILES string of the molecule is C=CCn1c(S[C@@H]2CCN(C(C)C)C2=O)n[nH]c1=O. The number of allylic oxidation sites excluding steroid dienone is 1. The molecule has 7 heteroatoms. The van der Waals surface area contributed by atoms with Crippen LogP contribution in [0.4, 0.5) is 0 Å². The van der Waals surface area contributed by atoms with E-state index in [9.17, 15) is 9.59 Å². The van der Waals surface area contributed by atoms with Crippen molar-refractivity contribution in [3.8, 4) is 0 Å². The minimum Gasteiger partial charge on any atom is -0.339 e. The number of H-pyrrole nitrogens is 1. The summed E-state index contributed by atoms with van der Waals surface area (Å²) in [6.07, 6.45) is 2.43. The highest BCUT2D eigenvalue weighted by atomic mass is 32.2. The fourth-order valence-electron chi connectivity index (χ4n) is 2.11. The molecule has 0 bridgehead atoms. The van der Waals surface area contributed by atoms with Crippen LogP contribution in [0.3, 0.4) is 0 Å². The molecule has 1 N–H and O–H groups in total. The number of aromatic amines is 1. The monoisotopic (exact) mass is 282 g/mol. The third-order valence-corrected chi connectivity index (χ3v) is 4.34. The number of amides is 1. The van der Waals surface area contributed by atoms with Crippen LogP contribution in [0.2, 0.25) is 0 Å². The highest BCUT2D eigenvalue weighted by Gasteiger charge is 2.34. The van der Waals surface area contributed by atoms with Crippen molar-refractivity contribution in [1.82, 2.24) is 19.7 Å². The molecule has 6 nitrogen and oxygen atoms in total. The highest BCUT2D eigenvalue weighted by Crippen LogP contribution is 2.29. The van der Waals surface area contributed by atoms with Gasteiger partial charge in [-0.3, -0.25) is 9.36 Å². The molecule has 0 saturated carbocycles. The minimum atomic E-state index is -0.270. The lowest BCUT2D eigenvalue weighted by molar-refractivity contribution is -0.128. The Kier molecular flexibility index (Phi) is 4.14. The van der Waals surface area contributed by atoms with Gasteiger partial charge in [0.05, 0.1) is 5.25 Å². The van der Waals surface area contributed by atoms with E-state index >= 15 is 0 Å². The Morgan fingerprint density at radius 3 is 2.89 bits per heavy atom. The van der Waals surface area contributed by atoms with Crippen molar-refractivity contribution in [2.45, 2.75) is 43.3 Å². The van der Waals surface area contributed by atoms with Gasteiger partial charge in [-0.15, -0.1) is 11.7 Å². The van der Waals surface area contributed by atoms with Crippen molar-refractivity contribution >= 4 is 17.7 Å². The van der Waals surface area contributed by atoms with Gasteiger partial charge in [0.2, 0.25) is 5.91 Å². The second kappa shape index (κ2) is 5.64. The topological polar surface area (TPSA) is 71.0 Å². The van der Waals surface area contributed by atoms with Crippen molar-refractivity contribution in [2.75, 3.05) is 6.54 Å². The Labute approximate surface area is 115 Å². The lowest BCUT2D eigenvalue weighted by Crippen LogP contribution is -2.34. The first-order chi connectivity index (χ1) is 9.04. The lowest BCUT2D eigenvalue weighted by atomic mass is 10.3. The number of hydrogen-bond donors (Lipinski definition) is 1. The smallest absolute Gasteiger partial charge is 0.339 e. The summed E-state index contributed by atoms with van der Waals surface area (Å²) in [4.78, 5) is 25.6. The van der Waals surface area contributed by atoms with Gasteiger partial charge in [-0.1, -0.05) is 17.8 Å². The number of rotatable bonds is 5. The summed E-state index contributed by atoms with van der Waals surface area (Å²) >= 11 is 1.35. The molecule has 1 aromatic rings. The van der Waals surface area contributed by atoms with Crippen LogP contribution in [0.15, 0.2) is 22.6 Å². The first-order valence-electron chi connectivity index (χ1n) is 6.27. The van der Waals surface area contributed by atoms with Gasteiger partial charge in [0.1, 0.15) is 0 Å². The Hall–Kier alpha value is -1.50. The number of thioether (sulfide) groups is 1. The summed E-state index contributed by atoms with van der Waals surface area (Å²) in [6.45, 7) is 8.79. The molecule has 104 valence electrons. The van der Waals surface area contributed by atoms with E-state index in [4.69, 9.17) is 0 Å². The van der Waals surface area contributed by atoms with E-state index in [1.54, 1.807) is 6.08 Å². The summed E-state index contributed by atoms with van der Waals surface area (Å²) < 4.78 is 1.49. The van der Waals surface area contributed by atoms with E-state index in [0.717, 1.165) is 13.0 Å². The van der Waals surface area contributed by atoms with E-state index in [0.29, 0.717) is 11.7 Å². The second-order valence-electron chi connectivity index (χ2n) is 4.73. The van der Waals surface area contributed by atoms with Gasteiger partial charge in [-0.25, -0.2) is 9.89 Å². The van der Waals surface area contributed by atoms with Gasteiger partial charge in [-0.2, -0.15) is 0 Å². The zero-order valence-corrected chi connectivity index (χ0v) is 11.9. The van der Waals surface area contributed by atoms with Crippen molar-refractivity contribution in [3.63, 3.8) is 0 Å². The lowest BCUT2D eigenvalue weighted by Gasteiger charge is -2.20. The standard InChI is InChI=1S/C12H18N4O2S/c1-4-6-16-11(18)13-14-12(16)19-9-5-7-15(8(2)3)10(9)17/h4,8-9H,1,5-7H2,2-3H3,(H,13,18)/t9-/m1/s1. The Balaban J connectivity index is 2.12. The van der Waals surface area contributed by atoms with Crippen molar-refractivity contribution in [3.05, 3.63) is 23.1 Å². The zero-order valence-electron chi connectivity index (χ0n) is 11.1. The van der Waals surface area contributed by atoms with Crippen LogP contribution < -0.4 is 5.69 Å². The average molecular weight is 282 g/mol. The molecule has 1 aliphatic rings. The predicted octanol–water partition coefficient (Wildman–Crippen LogP) is 0.859. The average Bonchev–Trinajstić information content (AvgIpc) is 2.88. The fraction of sp³-hybridized carbons (Fsp3) is 0.583. The maximum absolute atomic E-state index is 12.2. The Morgan fingerprint density at radius 1 is 1.58 bits per heavy atom. The fourth-order valence-corrected chi connectivity index (χ4v) is 3.20. The number of hydrogen-bond acceptors (Lipinski definition) is 4. The molecular weight excluding hydrogens is 264 g/mol. The van der Waals surface area contributed by atoms with E-state index in [-0.39, 0.29) is 22.9 Å². The molecule has 1 saturated heterocycles. The van der Waals surface area contributed by atoms with Gasteiger partial charge in [0.15, 0.2) is 5.16 Å². The molecular formula is C12H18N4O2S. The molecule has 1 aromatic heterocycles. The predicted molar refractivity (Wildman–Crippen MR) is 74.2 cm³/mol. The molecule has 1 aliphatic heterocycles. The largest absolute Gasteiger partial charge is 0.344 e. The van der Waals surface area contributed by atoms with Crippen LogP contribution in [0.1, 0.15) is 20.3 Å². The van der Waals surface area contributed by atoms with Crippen molar-refractivity contribution in [2.24, 2.45) is 0 Å². The van der Waals surface area contributed by atoms with Crippen molar-refractivity contribution < 1.29 is 4.79 Å². The molecule has 1 fully saturated rings. The van der Waals surface area contributed by atoms with Crippen LogP contribution in [0.5, 0.6) is 0 Å². The first-order valence-corrected chi connectivity index (χ1v) is 7.15. The van der Waals surface area contributed by atoms with Gasteiger partial charge in [0, 0.05) is 19.1 Å². The molecule has 1 amide bonds. The molecule has 0 radical (unpaired) electrons. The number of carbonyl (C=O) groups excluding carboxylic acids is 1. The van der Waals surface area contributed by atoms with Crippen LogP contribution >= 0.6 is 11.8 Å². The molecule has 0 unspecified atom stereocenters. The maximum Gasteiger partial charge on any atom is 0.344 e. The minimum absolute atomic E-state index is 0.126. The summed E-state index contributed by atoms with van der Waals surface area (Å²) in [5, 5.41) is 6.78. The molecule has 0 spiro atoms. The van der Waals surface area contributed by atoms with E-state index < -0.39 is 0 Å². The maximum atomic E-state index is 12.2. The second-order valence-corrected chi connectivity index (χ2v) is 5.90. The first kappa shape index (κ1) is 13.9. The summed E-state index contributed by atoms with van der Waals surface area (Å²) in [7, 11) is 0. The Morgan fingerprint density at radius 2 is 2.32 bits per heavy atom. The highest BCUT2D eigenvalue weighted by molar-refractivity contribution is 8.00. The number of nitrogens with one attached hydrogen (secondary N) is 1. The van der Waals surface area contributed by atoms with Crippen LogP contribution in [-0.2, 0) is 11.3 Å². The molecule has 0 aliphatic carbocycles. The van der Waals surface area contributed by atoms with Crippen molar-refractivity contribution in [1.29, 1.82) is 0 Å². The van der Waals surface area contributed by atoms with Gasteiger partial charge < -0.3 is 4.90 Å².